The number of rotatable bonds is 3. The fraction of sp³-hybridized carbons (Fsp3) is 0.625. The molecule has 2 atom stereocenters. The molecule has 1 saturated carbocycles. The molecule has 0 aliphatic heterocycles. The molecule has 1 aliphatic rings. The van der Waals surface area contributed by atoms with Crippen LogP contribution in [0, 0.1) is 6.92 Å². The normalized spacial score (nSPS) is 23.0. The van der Waals surface area contributed by atoms with Crippen molar-refractivity contribution in [2.45, 2.75) is 57.6 Å². The van der Waals surface area contributed by atoms with Crippen LogP contribution >= 0.6 is 0 Å². The Morgan fingerprint density at radius 1 is 1.33 bits per heavy atom. The van der Waals surface area contributed by atoms with Gasteiger partial charge in [0.05, 0.1) is 31.0 Å². The Morgan fingerprint density at radius 3 is 2.76 bits per heavy atom. The van der Waals surface area contributed by atoms with E-state index in [1.165, 1.54) is 7.11 Å². The lowest BCUT2D eigenvalue weighted by atomic mass is 9.94. The lowest BCUT2D eigenvalue weighted by Gasteiger charge is -2.26. The van der Waals surface area contributed by atoms with Crippen molar-refractivity contribution in [3.63, 3.8) is 0 Å². The summed E-state index contributed by atoms with van der Waals surface area (Å²) < 4.78 is 5.20. The van der Waals surface area contributed by atoms with Gasteiger partial charge < -0.3 is 15.2 Å². The van der Waals surface area contributed by atoms with Crippen LogP contribution in [0.2, 0.25) is 0 Å². The van der Waals surface area contributed by atoms with Crippen LogP contribution in [0.25, 0.3) is 0 Å². The number of hydrogen-bond donors (Lipinski definition) is 2. The second kappa shape index (κ2) is 7.41. The largest absolute Gasteiger partial charge is 0.494 e. The van der Waals surface area contributed by atoms with E-state index in [1.54, 1.807) is 12.3 Å². The van der Waals surface area contributed by atoms with Gasteiger partial charge >= 0.3 is 0 Å². The van der Waals surface area contributed by atoms with Crippen LogP contribution in [0.5, 0.6) is 5.75 Å². The molecule has 0 unspecified atom stereocenters. The summed E-state index contributed by atoms with van der Waals surface area (Å²) in [5, 5.41) is 13.2. The summed E-state index contributed by atoms with van der Waals surface area (Å²) in [5.74, 6) is 0.250. The van der Waals surface area contributed by atoms with Crippen LogP contribution < -0.4 is 10.1 Å². The molecule has 0 radical (unpaired) electrons. The topological polar surface area (TPSA) is 71.5 Å². The van der Waals surface area contributed by atoms with Crippen molar-refractivity contribution in [1.82, 2.24) is 10.3 Å². The van der Waals surface area contributed by atoms with Crippen molar-refractivity contribution in [1.29, 1.82) is 0 Å². The number of nitrogens with zero attached hydrogens (tertiary/aromatic N) is 1. The summed E-state index contributed by atoms with van der Waals surface area (Å²) in [5.41, 5.74) is 1.23. The fourth-order valence-corrected chi connectivity index (χ4v) is 2.77. The summed E-state index contributed by atoms with van der Waals surface area (Å²) >= 11 is 0. The highest BCUT2D eigenvalue weighted by Gasteiger charge is 2.24. The first-order valence-electron chi connectivity index (χ1n) is 7.61. The zero-order valence-corrected chi connectivity index (χ0v) is 12.8. The van der Waals surface area contributed by atoms with E-state index in [-0.39, 0.29) is 11.9 Å². The van der Waals surface area contributed by atoms with Gasteiger partial charge in [-0.1, -0.05) is 25.7 Å². The zero-order valence-electron chi connectivity index (χ0n) is 12.8. The quantitative estimate of drug-likeness (QED) is 0.896. The molecule has 1 aromatic heterocycles. The average molecular weight is 292 g/mol. The standard InChI is InChI=1S/C16H24N2O3/c1-11-9-12(15(21-2)10-17-11)16(20)18-13-7-5-3-4-6-8-14(13)19/h9-10,13-14,19H,3-8H2,1-2H3,(H,18,20)/t13-,14-/m0/s1. The van der Waals surface area contributed by atoms with Crippen LogP contribution in [0.1, 0.15) is 54.6 Å². The second-order valence-corrected chi connectivity index (χ2v) is 5.66. The van der Waals surface area contributed by atoms with Gasteiger partial charge in [0.15, 0.2) is 0 Å². The summed E-state index contributed by atoms with van der Waals surface area (Å²) in [6, 6.07) is 1.53. The Kier molecular flexibility index (Phi) is 5.56. The zero-order chi connectivity index (χ0) is 15.2. The van der Waals surface area contributed by atoms with Crippen molar-refractivity contribution >= 4 is 5.91 Å². The van der Waals surface area contributed by atoms with Gasteiger partial charge in [0.25, 0.3) is 5.91 Å². The minimum absolute atomic E-state index is 0.184. The van der Waals surface area contributed by atoms with Crippen molar-refractivity contribution < 1.29 is 14.6 Å². The molecule has 1 heterocycles. The number of ether oxygens (including phenoxy) is 1. The highest BCUT2D eigenvalue weighted by molar-refractivity contribution is 5.97. The number of aromatic nitrogens is 1. The molecule has 5 nitrogen and oxygen atoms in total. The smallest absolute Gasteiger partial charge is 0.255 e. The SMILES string of the molecule is COc1cnc(C)cc1C(=O)N[C@H]1CCCCCC[C@@H]1O. The molecule has 1 amide bonds. The molecule has 1 aromatic rings. The predicted molar refractivity (Wildman–Crippen MR) is 80.5 cm³/mol. The molecular formula is C16H24N2O3. The van der Waals surface area contributed by atoms with E-state index in [2.05, 4.69) is 10.3 Å². The molecule has 116 valence electrons. The molecule has 1 fully saturated rings. The Bertz CT molecular complexity index is 490. The number of methoxy groups -OCH3 is 1. The van der Waals surface area contributed by atoms with Gasteiger partial charge in [-0.05, 0) is 25.8 Å². The molecule has 1 aliphatic carbocycles. The molecule has 0 spiro atoms. The summed E-state index contributed by atoms with van der Waals surface area (Å²) in [6.45, 7) is 1.83. The summed E-state index contributed by atoms with van der Waals surface area (Å²) in [7, 11) is 1.52. The lowest BCUT2D eigenvalue weighted by molar-refractivity contribution is 0.0768. The van der Waals surface area contributed by atoms with Gasteiger partial charge in [-0.15, -0.1) is 0 Å². The third kappa shape index (κ3) is 4.17. The first-order valence-corrected chi connectivity index (χ1v) is 7.61. The molecule has 0 saturated heterocycles. The minimum Gasteiger partial charge on any atom is -0.494 e. The summed E-state index contributed by atoms with van der Waals surface area (Å²) in [6.07, 6.45) is 7.03. The number of carbonyl (C=O) groups excluding carboxylic acids is 1. The summed E-state index contributed by atoms with van der Waals surface area (Å²) in [4.78, 5) is 16.6. The monoisotopic (exact) mass is 292 g/mol. The maximum atomic E-state index is 12.5. The highest BCUT2D eigenvalue weighted by Crippen LogP contribution is 2.21. The van der Waals surface area contributed by atoms with Gasteiger partial charge in [-0.2, -0.15) is 0 Å². The first-order chi connectivity index (χ1) is 10.1. The Morgan fingerprint density at radius 2 is 2.05 bits per heavy atom. The third-order valence-corrected chi connectivity index (χ3v) is 4.01. The van der Waals surface area contributed by atoms with Gasteiger partial charge in [0.2, 0.25) is 0 Å². The van der Waals surface area contributed by atoms with Crippen LogP contribution in [0.3, 0.4) is 0 Å². The maximum Gasteiger partial charge on any atom is 0.255 e. The van der Waals surface area contributed by atoms with Crippen LogP contribution in [0.4, 0.5) is 0 Å². The molecule has 0 aromatic carbocycles. The molecule has 2 rings (SSSR count). The average Bonchev–Trinajstić information content (AvgIpc) is 2.46. The molecular weight excluding hydrogens is 268 g/mol. The highest BCUT2D eigenvalue weighted by atomic mass is 16.5. The third-order valence-electron chi connectivity index (χ3n) is 4.01. The number of aliphatic hydroxyl groups excluding tert-OH is 1. The Balaban J connectivity index is 2.10. The van der Waals surface area contributed by atoms with Crippen molar-refractivity contribution in [2.75, 3.05) is 7.11 Å². The minimum atomic E-state index is -0.469. The molecule has 0 bridgehead atoms. The van der Waals surface area contributed by atoms with Crippen LogP contribution in [-0.2, 0) is 0 Å². The van der Waals surface area contributed by atoms with Gasteiger partial charge in [-0.25, -0.2) is 0 Å². The maximum absolute atomic E-state index is 12.5. The second-order valence-electron chi connectivity index (χ2n) is 5.66. The number of carbonyl (C=O) groups is 1. The van der Waals surface area contributed by atoms with Gasteiger partial charge in [0, 0.05) is 5.69 Å². The van der Waals surface area contributed by atoms with E-state index in [4.69, 9.17) is 4.74 Å². The van der Waals surface area contributed by atoms with Crippen molar-refractivity contribution in [2.24, 2.45) is 0 Å². The van der Waals surface area contributed by atoms with E-state index in [0.717, 1.165) is 44.2 Å². The van der Waals surface area contributed by atoms with Gasteiger partial charge in [-0.3, -0.25) is 9.78 Å². The van der Waals surface area contributed by atoms with Crippen molar-refractivity contribution in [3.8, 4) is 5.75 Å². The van der Waals surface area contributed by atoms with Crippen molar-refractivity contribution in [3.05, 3.63) is 23.5 Å². The van der Waals surface area contributed by atoms with E-state index >= 15 is 0 Å². The number of nitrogens with one attached hydrogen (secondary N) is 1. The number of aryl methyl sites for hydroxylation is 1. The first kappa shape index (κ1) is 15.8. The number of hydrogen-bond acceptors (Lipinski definition) is 4. The fourth-order valence-electron chi connectivity index (χ4n) is 2.77. The Labute approximate surface area is 125 Å². The van der Waals surface area contributed by atoms with Crippen LogP contribution in [0.15, 0.2) is 12.3 Å². The number of pyridine rings is 1. The molecule has 2 N–H and O–H groups in total. The predicted octanol–water partition coefficient (Wildman–Crippen LogP) is 2.21. The van der Waals surface area contributed by atoms with E-state index in [9.17, 15) is 9.90 Å². The number of amides is 1. The lowest BCUT2D eigenvalue weighted by Crippen LogP contribution is -2.43. The Hall–Kier alpha value is -1.62. The van der Waals surface area contributed by atoms with Gasteiger partial charge in [0.1, 0.15) is 5.75 Å². The molecule has 21 heavy (non-hydrogen) atoms. The van der Waals surface area contributed by atoms with E-state index in [0.29, 0.717) is 11.3 Å². The van der Waals surface area contributed by atoms with Crippen LogP contribution in [-0.4, -0.2) is 35.3 Å². The molecule has 5 heteroatoms. The van der Waals surface area contributed by atoms with E-state index in [1.807, 2.05) is 6.92 Å². The number of aliphatic hydroxyl groups is 1. The van der Waals surface area contributed by atoms with E-state index < -0.39 is 6.10 Å².